The summed E-state index contributed by atoms with van der Waals surface area (Å²) in [6.07, 6.45) is 2.16. The number of nitrogens with zero attached hydrogens (tertiary/aromatic N) is 1. The summed E-state index contributed by atoms with van der Waals surface area (Å²) in [5.74, 6) is 0.199. The molecule has 2 N–H and O–H groups in total. The van der Waals surface area contributed by atoms with Crippen LogP contribution in [0.15, 0.2) is 0 Å². The Morgan fingerprint density at radius 3 is 2.29 bits per heavy atom. The lowest BCUT2D eigenvalue weighted by Gasteiger charge is -2.28. The zero-order valence-corrected chi connectivity index (χ0v) is 10.3. The van der Waals surface area contributed by atoms with Crippen LogP contribution >= 0.6 is 0 Å². The molecule has 0 aliphatic heterocycles. The van der Waals surface area contributed by atoms with Crippen LogP contribution in [0.1, 0.15) is 20.3 Å². The van der Waals surface area contributed by atoms with Crippen molar-refractivity contribution in [2.24, 2.45) is 5.73 Å². The van der Waals surface area contributed by atoms with E-state index in [4.69, 9.17) is 5.73 Å². The van der Waals surface area contributed by atoms with Crippen molar-refractivity contribution in [3.8, 4) is 0 Å². The first-order valence-corrected chi connectivity index (χ1v) is 6.97. The highest BCUT2D eigenvalue weighted by Crippen LogP contribution is 2.03. The molecule has 0 amide bonds. The Balaban J connectivity index is 4.02. The van der Waals surface area contributed by atoms with Crippen molar-refractivity contribution in [3.05, 3.63) is 0 Å². The van der Waals surface area contributed by atoms with Crippen LogP contribution in [0.25, 0.3) is 0 Å². The third kappa shape index (κ3) is 5.57. The van der Waals surface area contributed by atoms with Crippen LogP contribution in [0.5, 0.6) is 0 Å². The van der Waals surface area contributed by atoms with Gasteiger partial charge < -0.3 is 10.6 Å². The molecular formula is C9H22N2O2S. The van der Waals surface area contributed by atoms with Crippen LogP contribution in [0.2, 0.25) is 0 Å². The second-order valence-corrected chi connectivity index (χ2v) is 6.18. The summed E-state index contributed by atoms with van der Waals surface area (Å²) in [7, 11) is -0.960. The maximum absolute atomic E-state index is 10.9. The molecule has 0 aromatic heterocycles. The van der Waals surface area contributed by atoms with Crippen molar-refractivity contribution in [1.29, 1.82) is 0 Å². The number of nitrogens with two attached hydrogens (primary N) is 1. The summed E-state index contributed by atoms with van der Waals surface area (Å²) in [4.78, 5) is 2.00. The minimum absolute atomic E-state index is 0.111. The van der Waals surface area contributed by atoms with Crippen molar-refractivity contribution < 1.29 is 8.42 Å². The first kappa shape index (κ1) is 13.9. The molecule has 0 rings (SSSR count). The Morgan fingerprint density at radius 1 is 1.43 bits per heavy atom. The molecule has 0 fully saturated rings. The van der Waals surface area contributed by atoms with E-state index in [1.807, 2.05) is 25.8 Å². The van der Waals surface area contributed by atoms with Crippen molar-refractivity contribution in [2.45, 2.75) is 32.4 Å². The summed E-state index contributed by atoms with van der Waals surface area (Å²) in [5.41, 5.74) is 5.87. The SMILES string of the molecule is CCC(N)C(C)N(C)CCS(C)(=O)=O. The van der Waals surface area contributed by atoms with E-state index in [-0.39, 0.29) is 17.8 Å². The molecule has 0 spiro atoms. The van der Waals surface area contributed by atoms with E-state index in [1.54, 1.807) is 0 Å². The maximum Gasteiger partial charge on any atom is 0.148 e. The van der Waals surface area contributed by atoms with Crippen LogP contribution in [0.3, 0.4) is 0 Å². The molecule has 4 nitrogen and oxygen atoms in total. The van der Waals surface area contributed by atoms with Gasteiger partial charge in [-0.3, -0.25) is 0 Å². The zero-order valence-electron chi connectivity index (χ0n) is 9.53. The van der Waals surface area contributed by atoms with Crippen molar-refractivity contribution in [2.75, 3.05) is 25.6 Å². The molecule has 2 atom stereocenters. The zero-order chi connectivity index (χ0) is 11.4. The number of hydrogen-bond acceptors (Lipinski definition) is 4. The quantitative estimate of drug-likeness (QED) is 0.692. The van der Waals surface area contributed by atoms with Gasteiger partial charge in [-0.05, 0) is 20.4 Å². The van der Waals surface area contributed by atoms with E-state index in [2.05, 4.69) is 0 Å². The summed E-state index contributed by atoms with van der Waals surface area (Å²) < 4.78 is 21.9. The molecule has 0 saturated carbocycles. The van der Waals surface area contributed by atoms with Crippen molar-refractivity contribution in [3.63, 3.8) is 0 Å². The lowest BCUT2D eigenvalue weighted by atomic mass is 10.1. The smallest absolute Gasteiger partial charge is 0.148 e. The molecule has 0 bridgehead atoms. The Labute approximate surface area is 87.4 Å². The highest BCUT2D eigenvalue weighted by Gasteiger charge is 2.16. The van der Waals surface area contributed by atoms with Gasteiger partial charge in [0.2, 0.25) is 0 Å². The molecule has 5 heteroatoms. The Kier molecular flexibility index (Phi) is 5.63. The van der Waals surface area contributed by atoms with Crippen molar-refractivity contribution in [1.82, 2.24) is 4.90 Å². The Hall–Kier alpha value is -0.130. The fourth-order valence-corrected chi connectivity index (χ4v) is 1.80. The van der Waals surface area contributed by atoms with Gasteiger partial charge in [-0.1, -0.05) is 6.92 Å². The minimum atomic E-state index is -2.87. The van der Waals surface area contributed by atoms with E-state index < -0.39 is 9.84 Å². The first-order valence-electron chi connectivity index (χ1n) is 4.91. The van der Waals surface area contributed by atoms with Gasteiger partial charge in [0.1, 0.15) is 9.84 Å². The molecule has 0 aliphatic carbocycles. The van der Waals surface area contributed by atoms with Gasteiger partial charge in [0.15, 0.2) is 0 Å². The van der Waals surface area contributed by atoms with E-state index in [9.17, 15) is 8.42 Å². The standard InChI is InChI=1S/C9H22N2O2S/c1-5-9(10)8(2)11(3)6-7-14(4,12)13/h8-9H,5-7,10H2,1-4H3. The second kappa shape index (κ2) is 5.68. The van der Waals surface area contributed by atoms with Gasteiger partial charge in [-0.25, -0.2) is 8.42 Å². The molecule has 0 heterocycles. The summed E-state index contributed by atoms with van der Waals surface area (Å²) in [6.45, 7) is 4.61. The maximum atomic E-state index is 10.9. The summed E-state index contributed by atoms with van der Waals surface area (Å²) in [6, 6.07) is 0.335. The van der Waals surface area contributed by atoms with Gasteiger partial charge in [0.25, 0.3) is 0 Å². The molecule has 0 aromatic rings. The highest BCUT2D eigenvalue weighted by atomic mass is 32.2. The van der Waals surface area contributed by atoms with Gasteiger partial charge in [-0.2, -0.15) is 0 Å². The fourth-order valence-electron chi connectivity index (χ4n) is 1.18. The van der Waals surface area contributed by atoms with Gasteiger partial charge >= 0.3 is 0 Å². The Morgan fingerprint density at radius 2 is 1.93 bits per heavy atom. The van der Waals surface area contributed by atoms with Gasteiger partial charge in [0.05, 0.1) is 5.75 Å². The number of hydrogen-bond donors (Lipinski definition) is 1. The van der Waals surface area contributed by atoms with Crippen LogP contribution in [0.4, 0.5) is 0 Å². The van der Waals surface area contributed by atoms with Crippen LogP contribution < -0.4 is 5.73 Å². The van der Waals surface area contributed by atoms with Gasteiger partial charge in [-0.15, -0.1) is 0 Å². The molecule has 2 unspecified atom stereocenters. The summed E-state index contributed by atoms with van der Waals surface area (Å²) >= 11 is 0. The monoisotopic (exact) mass is 222 g/mol. The predicted molar refractivity (Wildman–Crippen MR) is 60.1 cm³/mol. The molecule has 0 aliphatic rings. The largest absolute Gasteiger partial charge is 0.326 e. The molecule has 0 aromatic carbocycles. The highest BCUT2D eigenvalue weighted by molar-refractivity contribution is 7.90. The minimum Gasteiger partial charge on any atom is -0.326 e. The number of likely N-dealkylation sites (N-methyl/N-ethyl adjacent to an activating group) is 1. The molecular weight excluding hydrogens is 200 g/mol. The Bertz CT molecular complexity index is 252. The molecule has 0 radical (unpaired) electrons. The van der Waals surface area contributed by atoms with Crippen LogP contribution in [-0.4, -0.2) is 51.0 Å². The van der Waals surface area contributed by atoms with E-state index in [0.29, 0.717) is 6.54 Å². The second-order valence-electron chi connectivity index (χ2n) is 3.92. The average molecular weight is 222 g/mol. The number of sulfone groups is 1. The normalized spacial score (nSPS) is 17.0. The first-order chi connectivity index (χ1) is 6.28. The fraction of sp³-hybridized carbons (Fsp3) is 1.00. The molecule has 0 saturated heterocycles. The molecule has 14 heavy (non-hydrogen) atoms. The topological polar surface area (TPSA) is 63.4 Å². The lowest BCUT2D eigenvalue weighted by molar-refractivity contribution is 0.235. The average Bonchev–Trinajstić information content (AvgIpc) is 2.10. The van der Waals surface area contributed by atoms with Crippen LogP contribution in [0, 0.1) is 0 Å². The van der Waals surface area contributed by atoms with E-state index in [0.717, 1.165) is 6.42 Å². The third-order valence-corrected chi connectivity index (χ3v) is 3.53. The third-order valence-electron chi connectivity index (χ3n) is 2.60. The van der Waals surface area contributed by atoms with E-state index >= 15 is 0 Å². The van der Waals surface area contributed by atoms with Gasteiger partial charge in [0, 0.05) is 24.9 Å². The summed E-state index contributed by atoms with van der Waals surface area (Å²) in [5, 5.41) is 0. The van der Waals surface area contributed by atoms with E-state index in [1.165, 1.54) is 6.26 Å². The number of rotatable bonds is 6. The van der Waals surface area contributed by atoms with Crippen molar-refractivity contribution >= 4 is 9.84 Å². The van der Waals surface area contributed by atoms with Crippen LogP contribution in [-0.2, 0) is 9.84 Å². The lowest BCUT2D eigenvalue weighted by Crippen LogP contribution is -2.45. The predicted octanol–water partition coefficient (Wildman–Crippen LogP) is 0.0886. The molecule has 86 valence electrons.